The summed E-state index contributed by atoms with van der Waals surface area (Å²) in [5.74, 6) is 0. The van der Waals surface area contributed by atoms with Gasteiger partial charge in [-0.25, -0.2) is 4.98 Å². The number of hydrogen-bond donors (Lipinski definition) is 1. The van der Waals surface area contributed by atoms with Crippen LogP contribution in [-0.4, -0.2) is 4.98 Å². The summed E-state index contributed by atoms with van der Waals surface area (Å²) >= 11 is 0. The van der Waals surface area contributed by atoms with Gasteiger partial charge in [-0.05, 0) is 19.1 Å². The van der Waals surface area contributed by atoms with Crippen molar-refractivity contribution in [2.45, 2.75) is 13.0 Å². The first kappa shape index (κ1) is 7.70. The van der Waals surface area contributed by atoms with Crippen molar-refractivity contribution < 1.29 is 0 Å². The standard InChI is InChI=1S/C8H9N3/c1-6(10)8-4-2-3-7(5-9)11-8/h2-4,6H,10H2,1H3/t6-/m1/s1. The third kappa shape index (κ3) is 1.76. The number of nitrogens with zero attached hydrogens (tertiary/aromatic N) is 2. The molecule has 1 aromatic rings. The average Bonchev–Trinajstić information content (AvgIpc) is 2.05. The van der Waals surface area contributed by atoms with Crippen LogP contribution in [0.5, 0.6) is 0 Å². The summed E-state index contributed by atoms with van der Waals surface area (Å²) in [7, 11) is 0. The number of nitriles is 1. The second-order valence-electron chi connectivity index (χ2n) is 2.35. The van der Waals surface area contributed by atoms with Crippen LogP contribution in [-0.2, 0) is 0 Å². The largest absolute Gasteiger partial charge is 0.323 e. The molecule has 1 heterocycles. The Morgan fingerprint density at radius 1 is 1.64 bits per heavy atom. The summed E-state index contributed by atoms with van der Waals surface area (Å²) in [6.07, 6.45) is 0. The lowest BCUT2D eigenvalue weighted by atomic mass is 10.2. The van der Waals surface area contributed by atoms with Gasteiger partial charge in [0.05, 0.1) is 5.69 Å². The molecule has 1 atom stereocenters. The van der Waals surface area contributed by atoms with E-state index in [0.717, 1.165) is 5.69 Å². The van der Waals surface area contributed by atoms with E-state index in [4.69, 9.17) is 11.0 Å². The fourth-order valence-corrected chi connectivity index (χ4v) is 0.767. The molecule has 1 aromatic heterocycles. The molecule has 0 aliphatic carbocycles. The van der Waals surface area contributed by atoms with Crippen molar-refractivity contribution in [2.75, 3.05) is 0 Å². The van der Waals surface area contributed by atoms with E-state index in [2.05, 4.69) is 4.98 Å². The minimum Gasteiger partial charge on any atom is -0.323 e. The predicted octanol–water partition coefficient (Wildman–Crippen LogP) is 0.973. The molecule has 56 valence electrons. The molecule has 2 N–H and O–H groups in total. The second kappa shape index (κ2) is 3.13. The minimum absolute atomic E-state index is 0.108. The molecule has 3 nitrogen and oxygen atoms in total. The summed E-state index contributed by atoms with van der Waals surface area (Å²) in [5.41, 5.74) is 6.74. The minimum atomic E-state index is -0.108. The molecule has 0 saturated carbocycles. The third-order valence-electron chi connectivity index (χ3n) is 1.35. The smallest absolute Gasteiger partial charge is 0.140 e. The molecule has 0 radical (unpaired) electrons. The molecule has 0 saturated heterocycles. The van der Waals surface area contributed by atoms with E-state index in [9.17, 15) is 0 Å². The van der Waals surface area contributed by atoms with Gasteiger partial charge in [0.25, 0.3) is 0 Å². The van der Waals surface area contributed by atoms with Crippen molar-refractivity contribution in [3.8, 4) is 6.07 Å². The molecule has 0 aliphatic rings. The molecule has 0 aromatic carbocycles. The molecule has 1 rings (SSSR count). The monoisotopic (exact) mass is 147 g/mol. The van der Waals surface area contributed by atoms with Crippen molar-refractivity contribution in [3.05, 3.63) is 29.6 Å². The van der Waals surface area contributed by atoms with E-state index in [1.54, 1.807) is 12.1 Å². The fraction of sp³-hybridized carbons (Fsp3) is 0.250. The van der Waals surface area contributed by atoms with Gasteiger partial charge in [0.2, 0.25) is 0 Å². The Hall–Kier alpha value is -1.40. The first-order valence-corrected chi connectivity index (χ1v) is 3.36. The van der Waals surface area contributed by atoms with E-state index in [-0.39, 0.29) is 6.04 Å². The Balaban J connectivity index is 3.03. The molecule has 3 heteroatoms. The molecular formula is C8H9N3. The van der Waals surface area contributed by atoms with Gasteiger partial charge in [0, 0.05) is 6.04 Å². The summed E-state index contributed by atoms with van der Waals surface area (Å²) in [5, 5.41) is 8.49. The number of pyridine rings is 1. The van der Waals surface area contributed by atoms with Gasteiger partial charge < -0.3 is 5.73 Å². The van der Waals surface area contributed by atoms with Crippen LogP contribution in [0.2, 0.25) is 0 Å². The number of nitrogens with two attached hydrogens (primary N) is 1. The molecule has 0 spiro atoms. The lowest BCUT2D eigenvalue weighted by Gasteiger charge is -2.02. The first-order chi connectivity index (χ1) is 5.24. The zero-order valence-electron chi connectivity index (χ0n) is 6.28. The molecule has 0 unspecified atom stereocenters. The Bertz CT molecular complexity index is 286. The van der Waals surface area contributed by atoms with Crippen LogP contribution in [0.15, 0.2) is 18.2 Å². The van der Waals surface area contributed by atoms with Gasteiger partial charge in [-0.3, -0.25) is 0 Å². The van der Waals surface area contributed by atoms with Crippen LogP contribution in [0.3, 0.4) is 0 Å². The van der Waals surface area contributed by atoms with Crippen molar-refractivity contribution >= 4 is 0 Å². The summed E-state index contributed by atoms with van der Waals surface area (Å²) in [4.78, 5) is 4.00. The molecular weight excluding hydrogens is 138 g/mol. The van der Waals surface area contributed by atoms with Gasteiger partial charge in [0.15, 0.2) is 0 Å². The Morgan fingerprint density at radius 3 is 2.91 bits per heavy atom. The van der Waals surface area contributed by atoms with E-state index in [1.807, 2.05) is 19.1 Å². The fourth-order valence-electron chi connectivity index (χ4n) is 0.767. The zero-order chi connectivity index (χ0) is 8.27. The Morgan fingerprint density at radius 2 is 2.36 bits per heavy atom. The van der Waals surface area contributed by atoms with Gasteiger partial charge in [0.1, 0.15) is 11.8 Å². The van der Waals surface area contributed by atoms with Crippen LogP contribution < -0.4 is 5.73 Å². The van der Waals surface area contributed by atoms with E-state index < -0.39 is 0 Å². The second-order valence-corrected chi connectivity index (χ2v) is 2.35. The molecule has 0 bridgehead atoms. The number of hydrogen-bond acceptors (Lipinski definition) is 3. The maximum Gasteiger partial charge on any atom is 0.140 e. The van der Waals surface area contributed by atoms with Crippen molar-refractivity contribution in [1.82, 2.24) is 4.98 Å². The number of rotatable bonds is 1. The quantitative estimate of drug-likeness (QED) is 0.643. The van der Waals surface area contributed by atoms with Gasteiger partial charge in [-0.1, -0.05) is 6.07 Å². The highest BCUT2D eigenvalue weighted by molar-refractivity contribution is 5.23. The van der Waals surface area contributed by atoms with Crippen LogP contribution in [0.4, 0.5) is 0 Å². The van der Waals surface area contributed by atoms with Gasteiger partial charge >= 0.3 is 0 Å². The highest BCUT2D eigenvalue weighted by Crippen LogP contribution is 2.05. The van der Waals surface area contributed by atoms with Gasteiger partial charge in [-0.2, -0.15) is 5.26 Å². The SMILES string of the molecule is C[C@@H](N)c1cccc(C#N)n1. The van der Waals surface area contributed by atoms with Crippen LogP contribution in [0.1, 0.15) is 24.4 Å². The predicted molar refractivity (Wildman–Crippen MR) is 41.6 cm³/mol. The lowest BCUT2D eigenvalue weighted by Crippen LogP contribution is -2.07. The van der Waals surface area contributed by atoms with Crippen molar-refractivity contribution in [2.24, 2.45) is 5.73 Å². The van der Waals surface area contributed by atoms with Gasteiger partial charge in [-0.15, -0.1) is 0 Å². The van der Waals surface area contributed by atoms with Crippen LogP contribution in [0, 0.1) is 11.3 Å². The highest BCUT2D eigenvalue weighted by Gasteiger charge is 2.00. The maximum absolute atomic E-state index is 8.49. The molecule has 0 aliphatic heterocycles. The normalized spacial score (nSPS) is 12.1. The third-order valence-corrected chi connectivity index (χ3v) is 1.35. The Labute approximate surface area is 65.5 Å². The van der Waals surface area contributed by atoms with Crippen LogP contribution >= 0.6 is 0 Å². The topological polar surface area (TPSA) is 62.7 Å². The van der Waals surface area contributed by atoms with Crippen LogP contribution in [0.25, 0.3) is 0 Å². The maximum atomic E-state index is 8.49. The summed E-state index contributed by atoms with van der Waals surface area (Å²) in [6.45, 7) is 1.84. The Kier molecular flexibility index (Phi) is 2.19. The lowest BCUT2D eigenvalue weighted by molar-refractivity contribution is 0.779. The zero-order valence-corrected chi connectivity index (χ0v) is 6.28. The van der Waals surface area contributed by atoms with E-state index in [1.165, 1.54) is 0 Å². The molecule has 0 amide bonds. The number of aromatic nitrogens is 1. The molecule has 0 fully saturated rings. The van der Waals surface area contributed by atoms with E-state index >= 15 is 0 Å². The average molecular weight is 147 g/mol. The first-order valence-electron chi connectivity index (χ1n) is 3.36. The van der Waals surface area contributed by atoms with Crippen molar-refractivity contribution in [1.29, 1.82) is 5.26 Å². The van der Waals surface area contributed by atoms with Crippen molar-refractivity contribution in [3.63, 3.8) is 0 Å². The summed E-state index contributed by atoms with van der Waals surface area (Å²) < 4.78 is 0. The molecule has 11 heavy (non-hydrogen) atoms. The van der Waals surface area contributed by atoms with E-state index in [0.29, 0.717) is 5.69 Å². The highest BCUT2D eigenvalue weighted by atomic mass is 14.8. The summed E-state index contributed by atoms with van der Waals surface area (Å²) in [6, 6.07) is 7.10.